The Balaban J connectivity index is 2.33. The van der Waals surface area contributed by atoms with Crippen LogP contribution in [0.3, 0.4) is 0 Å². The van der Waals surface area contributed by atoms with Crippen molar-refractivity contribution in [2.45, 2.75) is 39.0 Å². The molecule has 0 N–H and O–H groups in total. The molecule has 0 aromatic heterocycles. The van der Waals surface area contributed by atoms with Crippen LogP contribution in [0.2, 0.25) is 0 Å². The molecule has 0 aliphatic carbocycles. The molecule has 0 aliphatic rings. The van der Waals surface area contributed by atoms with E-state index in [1.807, 2.05) is 18.2 Å². The van der Waals surface area contributed by atoms with Gasteiger partial charge in [-0.1, -0.05) is 38.3 Å². The second-order valence-corrected chi connectivity index (χ2v) is 3.92. The summed E-state index contributed by atoms with van der Waals surface area (Å²) in [6, 6.07) is 6.55. The molecule has 0 spiro atoms. The Morgan fingerprint density at radius 1 is 1.25 bits per heavy atom. The zero-order chi connectivity index (χ0) is 11.6. The number of unbranched alkanes of at least 4 members (excludes halogenated alkanes) is 4. The lowest BCUT2D eigenvalue weighted by molar-refractivity contribution is 0.627. The molecule has 0 aliphatic heterocycles. The maximum absolute atomic E-state index is 12.8. The first-order chi connectivity index (χ1) is 7.83. The van der Waals surface area contributed by atoms with Gasteiger partial charge in [-0.2, -0.15) is 0 Å². The van der Waals surface area contributed by atoms with Crippen LogP contribution in [-0.4, -0.2) is 0 Å². The second kappa shape index (κ2) is 7.90. The Labute approximate surface area is 97.5 Å². The molecule has 0 nitrogen and oxygen atoms in total. The van der Waals surface area contributed by atoms with Crippen molar-refractivity contribution < 1.29 is 4.39 Å². The molecule has 1 aromatic carbocycles. The molecule has 0 atom stereocenters. The lowest BCUT2D eigenvalue weighted by Crippen LogP contribution is -1.74. The van der Waals surface area contributed by atoms with Crippen LogP contribution in [-0.2, 0) is 0 Å². The molecule has 0 amide bonds. The van der Waals surface area contributed by atoms with Gasteiger partial charge in [-0.05, 0) is 42.7 Å². The van der Waals surface area contributed by atoms with Crippen LogP contribution < -0.4 is 0 Å². The first-order valence-corrected chi connectivity index (χ1v) is 5.99. The van der Waals surface area contributed by atoms with Gasteiger partial charge in [0, 0.05) is 0 Å². The molecule has 1 heteroatoms. The first-order valence-electron chi connectivity index (χ1n) is 5.99. The van der Waals surface area contributed by atoms with Gasteiger partial charge >= 0.3 is 0 Å². The van der Waals surface area contributed by atoms with Crippen molar-refractivity contribution in [1.82, 2.24) is 0 Å². The molecule has 1 aromatic rings. The van der Waals surface area contributed by atoms with E-state index < -0.39 is 0 Å². The van der Waals surface area contributed by atoms with Gasteiger partial charge in [-0.15, -0.1) is 5.73 Å². The van der Waals surface area contributed by atoms with Crippen LogP contribution in [0, 0.1) is 5.82 Å². The Hall–Kier alpha value is -1.33. The van der Waals surface area contributed by atoms with E-state index in [0.29, 0.717) is 0 Å². The molecule has 1 rings (SSSR count). The fourth-order valence-corrected chi connectivity index (χ4v) is 1.51. The van der Waals surface area contributed by atoms with Crippen molar-refractivity contribution in [2.24, 2.45) is 0 Å². The summed E-state index contributed by atoms with van der Waals surface area (Å²) in [6.07, 6.45) is 9.99. The van der Waals surface area contributed by atoms with Crippen LogP contribution in [0.5, 0.6) is 0 Å². The summed E-state index contributed by atoms with van der Waals surface area (Å²) in [5, 5.41) is 0. The number of allylic oxidation sites excluding steroid dienone is 1. The van der Waals surface area contributed by atoms with Gasteiger partial charge in [0.2, 0.25) is 0 Å². The number of halogens is 1. The normalized spacial score (nSPS) is 9.62. The lowest BCUT2D eigenvalue weighted by atomic mass is 10.1. The van der Waals surface area contributed by atoms with E-state index in [4.69, 9.17) is 0 Å². The summed E-state index contributed by atoms with van der Waals surface area (Å²) in [5.74, 6) is -0.196. The Kier molecular flexibility index (Phi) is 6.29. The van der Waals surface area contributed by atoms with Gasteiger partial charge < -0.3 is 0 Å². The van der Waals surface area contributed by atoms with Gasteiger partial charge in [0.15, 0.2) is 0 Å². The van der Waals surface area contributed by atoms with E-state index >= 15 is 0 Å². The Morgan fingerprint density at radius 2 is 2.12 bits per heavy atom. The fourth-order valence-electron chi connectivity index (χ4n) is 1.51. The third kappa shape index (κ3) is 5.53. The average molecular weight is 218 g/mol. The molecule has 0 heterocycles. The van der Waals surface area contributed by atoms with E-state index in [-0.39, 0.29) is 5.82 Å². The summed E-state index contributed by atoms with van der Waals surface area (Å²) >= 11 is 0. The molecule has 0 bridgehead atoms. The highest BCUT2D eigenvalue weighted by Crippen LogP contribution is 2.05. The molecule has 0 unspecified atom stereocenters. The topological polar surface area (TPSA) is 0 Å². The van der Waals surface area contributed by atoms with Crippen LogP contribution in [0.15, 0.2) is 36.1 Å². The molecule has 0 saturated heterocycles. The van der Waals surface area contributed by atoms with Crippen molar-refractivity contribution in [2.75, 3.05) is 0 Å². The van der Waals surface area contributed by atoms with E-state index in [1.54, 1.807) is 6.07 Å². The van der Waals surface area contributed by atoms with Crippen molar-refractivity contribution in [3.63, 3.8) is 0 Å². The molecule has 0 saturated carbocycles. The van der Waals surface area contributed by atoms with Crippen LogP contribution in [0.25, 0.3) is 6.08 Å². The zero-order valence-electron chi connectivity index (χ0n) is 9.88. The van der Waals surface area contributed by atoms with Crippen molar-refractivity contribution in [3.05, 3.63) is 47.5 Å². The van der Waals surface area contributed by atoms with E-state index in [0.717, 1.165) is 12.0 Å². The van der Waals surface area contributed by atoms with E-state index in [9.17, 15) is 4.39 Å². The van der Waals surface area contributed by atoms with Gasteiger partial charge in [0.1, 0.15) is 5.82 Å². The predicted octanol–water partition coefficient (Wildman–Crippen LogP) is 4.96. The minimum atomic E-state index is -0.196. The third-order valence-corrected chi connectivity index (χ3v) is 2.42. The number of benzene rings is 1. The summed E-state index contributed by atoms with van der Waals surface area (Å²) < 4.78 is 12.8. The third-order valence-electron chi connectivity index (χ3n) is 2.42. The minimum Gasteiger partial charge on any atom is -0.207 e. The van der Waals surface area contributed by atoms with Crippen LogP contribution in [0.1, 0.15) is 44.6 Å². The predicted molar refractivity (Wildman–Crippen MR) is 67.7 cm³/mol. The number of hydrogen-bond acceptors (Lipinski definition) is 0. The molecule has 0 radical (unpaired) electrons. The van der Waals surface area contributed by atoms with Gasteiger partial charge in [0.25, 0.3) is 0 Å². The zero-order valence-corrected chi connectivity index (χ0v) is 9.88. The van der Waals surface area contributed by atoms with Crippen molar-refractivity contribution >= 4 is 6.08 Å². The maximum atomic E-state index is 12.8. The Morgan fingerprint density at radius 3 is 2.88 bits per heavy atom. The first kappa shape index (κ1) is 12.7. The maximum Gasteiger partial charge on any atom is 0.123 e. The van der Waals surface area contributed by atoms with E-state index in [1.165, 1.54) is 37.8 Å². The fraction of sp³-hybridized carbons (Fsp3) is 0.400. The van der Waals surface area contributed by atoms with Crippen LogP contribution in [0.4, 0.5) is 4.39 Å². The number of rotatable bonds is 6. The highest BCUT2D eigenvalue weighted by atomic mass is 19.1. The molecule has 16 heavy (non-hydrogen) atoms. The highest BCUT2D eigenvalue weighted by molar-refractivity contribution is 5.48. The Bertz CT molecular complexity index is 359. The quantitative estimate of drug-likeness (QED) is 0.467. The monoisotopic (exact) mass is 218 g/mol. The smallest absolute Gasteiger partial charge is 0.123 e. The SMILES string of the molecule is CCCCCCC=C=Cc1cccc(F)c1. The van der Waals surface area contributed by atoms with Crippen molar-refractivity contribution in [3.8, 4) is 0 Å². The summed E-state index contributed by atoms with van der Waals surface area (Å²) in [4.78, 5) is 0. The lowest BCUT2D eigenvalue weighted by Gasteiger charge is -1.92. The highest BCUT2D eigenvalue weighted by Gasteiger charge is 1.88. The van der Waals surface area contributed by atoms with Gasteiger partial charge in [0.05, 0.1) is 0 Å². The van der Waals surface area contributed by atoms with Crippen LogP contribution >= 0.6 is 0 Å². The molecular weight excluding hydrogens is 199 g/mol. The molecule has 86 valence electrons. The summed E-state index contributed by atoms with van der Waals surface area (Å²) in [6.45, 7) is 2.21. The standard InChI is InChI=1S/C15H19F/c1-2-3-4-5-6-7-8-10-14-11-9-12-15(16)13-14/h7,9-13H,2-6H2,1H3. The summed E-state index contributed by atoms with van der Waals surface area (Å²) in [5.41, 5.74) is 3.95. The van der Waals surface area contributed by atoms with Gasteiger partial charge in [-0.3, -0.25) is 0 Å². The number of hydrogen-bond donors (Lipinski definition) is 0. The van der Waals surface area contributed by atoms with Crippen molar-refractivity contribution in [1.29, 1.82) is 0 Å². The second-order valence-electron chi connectivity index (χ2n) is 3.92. The van der Waals surface area contributed by atoms with E-state index in [2.05, 4.69) is 12.7 Å². The minimum absolute atomic E-state index is 0.196. The molecule has 0 fully saturated rings. The summed E-state index contributed by atoms with van der Waals surface area (Å²) in [7, 11) is 0. The molecular formula is C15H19F. The van der Waals surface area contributed by atoms with Gasteiger partial charge in [-0.25, -0.2) is 4.39 Å². The largest absolute Gasteiger partial charge is 0.207 e. The average Bonchev–Trinajstić information content (AvgIpc) is 2.28.